The van der Waals surface area contributed by atoms with Crippen molar-refractivity contribution in [3.63, 3.8) is 0 Å². The lowest BCUT2D eigenvalue weighted by atomic mass is 9.82. The van der Waals surface area contributed by atoms with Crippen LogP contribution in [0.2, 0.25) is 0 Å². The Kier molecular flexibility index (Phi) is 2.65. The first kappa shape index (κ1) is 10.7. The van der Waals surface area contributed by atoms with Gasteiger partial charge in [-0.3, -0.25) is 9.59 Å². The van der Waals surface area contributed by atoms with Crippen molar-refractivity contribution in [2.24, 2.45) is 23.7 Å². The van der Waals surface area contributed by atoms with Crippen LogP contribution < -0.4 is 5.32 Å². The minimum absolute atomic E-state index is 0.0183. The van der Waals surface area contributed by atoms with Crippen molar-refractivity contribution in [1.82, 2.24) is 5.32 Å². The largest absolute Gasteiger partial charge is 0.481 e. The Balaban J connectivity index is 2.14. The first-order valence-corrected chi connectivity index (χ1v) is 5.21. The Morgan fingerprint density at radius 3 is 2.56 bits per heavy atom. The van der Waals surface area contributed by atoms with Gasteiger partial charge in [-0.25, -0.2) is 0 Å². The molecule has 1 fully saturated rings. The lowest BCUT2D eigenvalue weighted by Gasteiger charge is -2.23. The Hall–Kier alpha value is -1.83. The van der Waals surface area contributed by atoms with Crippen LogP contribution in [0.3, 0.4) is 0 Å². The van der Waals surface area contributed by atoms with E-state index in [1.165, 1.54) is 0 Å². The first-order chi connectivity index (χ1) is 7.65. The number of nitriles is 1. The van der Waals surface area contributed by atoms with E-state index in [1.807, 2.05) is 18.2 Å². The molecule has 1 amide bonds. The molecule has 2 aliphatic rings. The molecule has 0 aromatic rings. The van der Waals surface area contributed by atoms with E-state index in [2.05, 4.69) is 5.32 Å². The molecule has 0 spiro atoms. The number of carbonyl (C=O) groups is 2. The van der Waals surface area contributed by atoms with Gasteiger partial charge in [-0.15, -0.1) is 0 Å². The molecule has 16 heavy (non-hydrogen) atoms. The number of carboxylic acid groups (broad SMARTS) is 1. The maximum absolute atomic E-state index is 11.7. The number of carbonyl (C=O) groups excluding carboxylic acids is 1. The third kappa shape index (κ3) is 1.56. The first-order valence-electron chi connectivity index (χ1n) is 5.21. The zero-order valence-electron chi connectivity index (χ0n) is 8.59. The van der Waals surface area contributed by atoms with Crippen LogP contribution in [0.4, 0.5) is 0 Å². The van der Waals surface area contributed by atoms with Gasteiger partial charge in [-0.1, -0.05) is 12.2 Å². The highest BCUT2D eigenvalue weighted by Crippen LogP contribution is 2.48. The van der Waals surface area contributed by atoms with Gasteiger partial charge >= 0.3 is 5.97 Å². The standard InChI is InChI=1S/C11H12N2O3/c12-3-4-13-10(14)8-6-1-2-7(5-6)9(8)11(15)16/h1-2,6-9H,4-5H2,(H,13,14)(H,15,16). The quantitative estimate of drug-likeness (QED) is 0.523. The maximum Gasteiger partial charge on any atom is 0.307 e. The molecular weight excluding hydrogens is 208 g/mol. The van der Waals surface area contributed by atoms with Crippen molar-refractivity contribution < 1.29 is 14.7 Å². The number of aliphatic carboxylic acids is 1. The van der Waals surface area contributed by atoms with Crippen LogP contribution in [0.1, 0.15) is 6.42 Å². The van der Waals surface area contributed by atoms with Gasteiger partial charge in [0.2, 0.25) is 5.91 Å². The second-order valence-corrected chi connectivity index (χ2v) is 4.21. The van der Waals surface area contributed by atoms with Crippen molar-refractivity contribution in [1.29, 1.82) is 5.26 Å². The summed E-state index contributed by atoms with van der Waals surface area (Å²) in [6.45, 7) is -0.0667. The van der Waals surface area contributed by atoms with Crippen molar-refractivity contribution >= 4 is 11.9 Å². The zero-order valence-corrected chi connectivity index (χ0v) is 8.59. The number of amides is 1. The van der Waals surface area contributed by atoms with Crippen LogP contribution in [-0.2, 0) is 9.59 Å². The number of hydrogen-bond donors (Lipinski definition) is 2. The van der Waals surface area contributed by atoms with Crippen LogP contribution in [0.5, 0.6) is 0 Å². The molecule has 0 radical (unpaired) electrons. The fraction of sp³-hybridized carbons (Fsp3) is 0.545. The van der Waals surface area contributed by atoms with E-state index in [1.54, 1.807) is 0 Å². The summed E-state index contributed by atoms with van der Waals surface area (Å²) in [5.41, 5.74) is 0. The van der Waals surface area contributed by atoms with Crippen molar-refractivity contribution in [3.05, 3.63) is 12.2 Å². The third-order valence-corrected chi connectivity index (χ3v) is 3.39. The number of rotatable bonds is 3. The van der Waals surface area contributed by atoms with Crippen LogP contribution in [-0.4, -0.2) is 23.5 Å². The number of nitrogens with zero attached hydrogens (tertiary/aromatic N) is 1. The fourth-order valence-electron chi connectivity index (χ4n) is 2.76. The smallest absolute Gasteiger partial charge is 0.307 e. The van der Waals surface area contributed by atoms with Gasteiger partial charge in [-0.05, 0) is 18.3 Å². The molecule has 5 heteroatoms. The minimum Gasteiger partial charge on any atom is -0.481 e. The number of hydrogen-bond acceptors (Lipinski definition) is 3. The molecule has 2 bridgehead atoms. The molecule has 2 aliphatic carbocycles. The summed E-state index contributed by atoms with van der Waals surface area (Å²) < 4.78 is 0. The van der Waals surface area contributed by atoms with Gasteiger partial charge in [0.05, 0.1) is 17.9 Å². The average Bonchev–Trinajstić information content (AvgIpc) is 2.84. The number of nitrogens with one attached hydrogen (secondary N) is 1. The van der Waals surface area contributed by atoms with E-state index in [9.17, 15) is 9.59 Å². The summed E-state index contributed by atoms with van der Waals surface area (Å²) in [4.78, 5) is 22.9. The summed E-state index contributed by atoms with van der Waals surface area (Å²) in [6, 6.07) is 1.81. The van der Waals surface area contributed by atoms with Crippen LogP contribution in [0.15, 0.2) is 12.2 Å². The lowest BCUT2D eigenvalue weighted by molar-refractivity contribution is -0.147. The molecule has 2 N–H and O–H groups in total. The molecule has 84 valence electrons. The highest BCUT2D eigenvalue weighted by atomic mass is 16.4. The second kappa shape index (κ2) is 3.97. The predicted molar refractivity (Wildman–Crippen MR) is 54.0 cm³/mol. The molecule has 0 aromatic heterocycles. The van der Waals surface area contributed by atoms with Crippen molar-refractivity contribution in [3.8, 4) is 6.07 Å². The number of fused-ring (bicyclic) bond motifs is 2. The zero-order chi connectivity index (χ0) is 11.7. The highest BCUT2D eigenvalue weighted by Gasteiger charge is 2.51. The van der Waals surface area contributed by atoms with Crippen LogP contribution >= 0.6 is 0 Å². The van der Waals surface area contributed by atoms with Gasteiger partial charge < -0.3 is 10.4 Å². The Labute approximate surface area is 92.7 Å². The number of allylic oxidation sites excluding steroid dienone is 2. The molecular formula is C11H12N2O3. The van der Waals surface area contributed by atoms with Crippen molar-refractivity contribution in [2.75, 3.05) is 6.54 Å². The van der Waals surface area contributed by atoms with Gasteiger partial charge in [0.1, 0.15) is 6.54 Å². The normalized spacial score (nSPS) is 34.7. The summed E-state index contributed by atoms with van der Waals surface area (Å²) in [6.07, 6.45) is 4.54. The van der Waals surface area contributed by atoms with Gasteiger partial charge in [-0.2, -0.15) is 5.26 Å². The monoisotopic (exact) mass is 220 g/mol. The van der Waals surface area contributed by atoms with E-state index in [0.717, 1.165) is 6.42 Å². The summed E-state index contributed by atoms with van der Waals surface area (Å²) in [5.74, 6) is -2.39. The molecule has 4 unspecified atom stereocenters. The summed E-state index contributed by atoms with van der Waals surface area (Å²) in [7, 11) is 0. The van der Waals surface area contributed by atoms with Crippen LogP contribution in [0, 0.1) is 35.0 Å². The Morgan fingerprint density at radius 2 is 2.00 bits per heavy atom. The van der Waals surface area contributed by atoms with E-state index in [0.29, 0.717) is 0 Å². The maximum atomic E-state index is 11.7. The van der Waals surface area contributed by atoms with E-state index in [4.69, 9.17) is 10.4 Å². The molecule has 0 aromatic carbocycles. The number of carboxylic acids is 1. The predicted octanol–water partition coefficient (Wildman–Crippen LogP) is 0.149. The van der Waals surface area contributed by atoms with Crippen LogP contribution in [0.25, 0.3) is 0 Å². The Bertz CT molecular complexity index is 397. The molecule has 0 saturated heterocycles. The molecule has 0 aliphatic heterocycles. The van der Waals surface area contributed by atoms with Gasteiger partial charge in [0, 0.05) is 0 Å². The fourth-order valence-corrected chi connectivity index (χ4v) is 2.76. The third-order valence-electron chi connectivity index (χ3n) is 3.39. The average molecular weight is 220 g/mol. The Morgan fingerprint density at radius 1 is 1.38 bits per heavy atom. The molecule has 4 atom stereocenters. The SMILES string of the molecule is N#CCNC(=O)C1C2C=CC(C2)C1C(=O)O. The molecule has 0 heterocycles. The molecule has 2 rings (SSSR count). The topological polar surface area (TPSA) is 90.2 Å². The van der Waals surface area contributed by atoms with E-state index < -0.39 is 17.8 Å². The summed E-state index contributed by atoms with van der Waals surface area (Å²) >= 11 is 0. The van der Waals surface area contributed by atoms with Gasteiger partial charge in [0.15, 0.2) is 0 Å². The van der Waals surface area contributed by atoms with Gasteiger partial charge in [0.25, 0.3) is 0 Å². The van der Waals surface area contributed by atoms with Crippen molar-refractivity contribution in [2.45, 2.75) is 6.42 Å². The lowest BCUT2D eigenvalue weighted by Crippen LogP contribution is -2.40. The highest BCUT2D eigenvalue weighted by molar-refractivity contribution is 5.86. The van der Waals surface area contributed by atoms with E-state index in [-0.39, 0.29) is 24.3 Å². The summed E-state index contributed by atoms with van der Waals surface area (Å²) in [5, 5.41) is 19.9. The second-order valence-electron chi connectivity index (χ2n) is 4.21. The molecule has 1 saturated carbocycles. The van der Waals surface area contributed by atoms with E-state index >= 15 is 0 Å². The molecule has 5 nitrogen and oxygen atoms in total. The minimum atomic E-state index is -0.922.